The lowest BCUT2D eigenvalue weighted by molar-refractivity contribution is -0.137. The van der Waals surface area contributed by atoms with Gasteiger partial charge in [-0.2, -0.15) is 13.2 Å². The van der Waals surface area contributed by atoms with Crippen molar-refractivity contribution in [3.63, 3.8) is 0 Å². The second-order valence-corrected chi connectivity index (χ2v) is 7.77. The van der Waals surface area contributed by atoms with Gasteiger partial charge in [-0.3, -0.25) is 4.79 Å². The number of hydrogen-bond acceptors (Lipinski definition) is 4. The fraction of sp³-hybridized carbons (Fsp3) is 0.350. The number of urea groups is 1. The molecule has 160 valence electrons. The maximum Gasteiger partial charge on any atom is 0.417 e. The quantitative estimate of drug-likeness (QED) is 0.665. The minimum absolute atomic E-state index is 0.0315. The van der Waals surface area contributed by atoms with Crippen LogP contribution in [0.3, 0.4) is 0 Å². The molecule has 1 fully saturated rings. The Kier molecular flexibility index (Phi) is 7.20. The van der Waals surface area contributed by atoms with Gasteiger partial charge < -0.3 is 15.5 Å². The van der Waals surface area contributed by atoms with Crippen LogP contribution in [0.1, 0.15) is 24.0 Å². The molecule has 1 aromatic carbocycles. The van der Waals surface area contributed by atoms with Crippen molar-refractivity contribution in [2.45, 2.75) is 30.6 Å². The van der Waals surface area contributed by atoms with Gasteiger partial charge in [-0.1, -0.05) is 23.9 Å². The van der Waals surface area contributed by atoms with E-state index in [9.17, 15) is 22.8 Å². The molecule has 1 saturated heterocycles. The Morgan fingerprint density at radius 1 is 1.13 bits per heavy atom. The van der Waals surface area contributed by atoms with E-state index in [1.54, 1.807) is 23.1 Å². The van der Waals surface area contributed by atoms with Crippen molar-refractivity contribution in [2.24, 2.45) is 0 Å². The topological polar surface area (TPSA) is 74.3 Å². The summed E-state index contributed by atoms with van der Waals surface area (Å²) >= 11 is 1.06. The molecule has 0 unspecified atom stereocenters. The van der Waals surface area contributed by atoms with E-state index in [0.717, 1.165) is 55.5 Å². The second kappa shape index (κ2) is 9.84. The highest BCUT2D eigenvalue weighted by Gasteiger charge is 2.30. The van der Waals surface area contributed by atoms with Crippen LogP contribution in [-0.2, 0) is 17.5 Å². The lowest BCUT2D eigenvalue weighted by Gasteiger charge is -2.16. The highest BCUT2D eigenvalue weighted by atomic mass is 32.2. The van der Waals surface area contributed by atoms with Crippen LogP contribution >= 0.6 is 11.8 Å². The Balaban J connectivity index is 1.44. The first-order chi connectivity index (χ1) is 14.3. The molecule has 0 saturated carbocycles. The van der Waals surface area contributed by atoms with Crippen LogP contribution in [0, 0.1) is 0 Å². The van der Waals surface area contributed by atoms with Crippen molar-refractivity contribution in [1.29, 1.82) is 0 Å². The lowest BCUT2D eigenvalue weighted by atomic mass is 10.2. The molecule has 2 N–H and O–H groups in total. The molecule has 30 heavy (non-hydrogen) atoms. The standard InChI is InChI=1S/C20H21F3N4O2S/c21-20(22,23)15-6-7-18(25-12-15)30-13-17(28)24-11-14-4-3-5-16(10-14)26-19(29)27-8-1-2-9-27/h3-7,10,12H,1-2,8-9,11,13H2,(H,24,28)(H,26,29). The third-order valence-corrected chi connectivity index (χ3v) is 5.42. The van der Waals surface area contributed by atoms with E-state index in [2.05, 4.69) is 15.6 Å². The Morgan fingerprint density at radius 3 is 2.57 bits per heavy atom. The first-order valence-electron chi connectivity index (χ1n) is 9.39. The molecule has 0 radical (unpaired) electrons. The number of pyridine rings is 1. The Morgan fingerprint density at radius 2 is 1.90 bits per heavy atom. The molecule has 3 amide bonds. The van der Waals surface area contributed by atoms with Gasteiger partial charge in [0.05, 0.1) is 16.3 Å². The van der Waals surface area contributed by atoms with Crippen LogP contribution in [-0.4, -0.2) is 40.7 Å². The molecule has 3 rings (SSSR count). The number of amides is 3. The first-order valence-corrected chi connectivity index (χ1v) is 10.4. The van der Waals surface area contributed by atoms with Gasteiger partial charge >= 0.3 is 12.2 Å². The Labute approximate surface area is 176 Å². The molecule has 0 bridgehead atoms. The summed E-state index contributed by atoms with van der Waals surface area (Å²) in [7, 11) is 0. The Bertz CT molecular complexity index is 884. The van der Waals surface area contributed by atoms with Crippen molar-refractivity contribution < 1.29 is 22.8 Å². The summed E-state index contributed by atoms with van der Waals surface area (Å²) in [5.74, 6) is -0.239. The molecule has 0 aliphatic carbocycles. The molecule has 0 atom stereocenters. The predicted octanol–water partition coefficient (Wildman–Crippen LogP) is 4.14. The molecule has 6 nitrogen and oxygen atoms in total. The van der Waals surface area contributed by atoms with Gasteiger partial charge in [-0.15, -0.1) is 0 Å². The third kappa shape index (κ3) is 6.38. The van der Waals surface area contributed by atoms with E-state index >= 15 is 0 Å². The normalized spacial score (nSPS) is 13.9. The maximum absolute atomic E-state index is 12.5. The third-order valence-electron chi connectivity index (χ3n) is 4.48. The van der Waals surface area contributed by atoms with Gasteiger partial charge in [0.2, 0.25) is 5.91 Å². The summed E-state index contributed by atoms with van der Waals surface area (Å²) < 4.78 is 37.6. The maximum atomic E-state index is 12.5. The highest BCUT2D eigenvalue weighted by Crippen LogP contribution is 2.29. The largest absolute Gasteiger partial charge is 0.417 e. The minimum atomic E-state index is -4.43. The monoisotopic (exact) mass is 438 g/mol. The fourth-order valence-electron chi connectivity index (χ4n) is 2.91. The number of hydrogen-bond donors (Lipinski definition) is 2. The van der Waals surface area contributed by atoms with Crippen LogP contribution in [0.25, 0.3) is 0 Å². The van der Waals surface area contributed by atoms with E-state index in [4.69, 9.17) is 0 Å². The highest BCUT2D eigenvalue weighted by molar-refractivity contribution is 7.99. The molecule has 1 aliphatic rings. The molecular weight excluding hydrogens is 417 g/mol. The van der Waals surface area contributed by atoms with E-state index in [1.807, 2.05) is 6.07 Å². The molecule has 0 spiro atoms. The molecule has 2 heterocycles. The van der Waals surface area contributed by atoms with Crippen molar-refractivity contribution in [3.05, 3.63) is 53.7 Å². The summed E-state index contributed by atoms with van der Waals surface area (Å²) in [6, 6.07) is 9.25. The number of anilines is 1. The second-order valence-electron chi connectivity index (χ2n) is 6.77. The molecule has 2 aromatic rings. The SMILES string of the molecule is O=C(CSc1ccc(C(F)(F)F)cn1)NCc1cccc(NC(=O)N2CCCC2)c1. The zero-order valence-corrected chi connectivity index (χ0v) is 16.9. The number of rotatable bonds is 6. The molecular formula is C20H21F3N4O2S. The zero-order chi connectivity index (χ0) is 21.6. The predicted molar refractivity (Wildman–Crippen MR) is 108 cm³/mol. The van der Waals surface area contributed by atoms with Gasteiger partial charge in [0, 0.05) is 31.5 Å². The average molecular weight is 438 g/mol. The van der Waals surface area contributed by atoms with Crippen LogP contribution in [0.15, 0.2) is 47.6 Å². The number of carbonyl (C=O) groups excluding carboxylic acids is 2. The number of alkyl halides is 3. The van der Waals surface area contributed by atoms with Gasteiger partial charge in [0.15, 0.2) is 0 Å². The fourth-order valence-corrected chi connectivity index (χ4v) is 3.58. The van der Waals surface area contributed by atoms with E-state index in [1.165, 1.54) is 6.07 Å². The number of aromatic nitrogens is 1. The number of halogens is 3. The molecule has 1 aliphatic heterocycles. The number of carbonyl (C=O) groups is 2. The number of benzene rings is 1. The Hall–Kier alpha value is -2.75. The van der Waals surface area contributed by atoms with Gasteiger partial charge in [-0.25, -0.2) is 9.78 Å². The number of likely N-dealkylation sites (tertiary alicyclic amines) is 1. The smallest absolute Gasteiger partial charge is 0.351 e. The summed E-state index contributed by atoms with van der Waals surface area (Å²) in [5.41, 5.74) is 0.648. The van der Waals surface area contributed by atoms with Crippen molar-refractivity contribution >= 4 is 29.4 Å². The van der Waals surface area contributed by atoms with Crippen LogP contribution in [0.4, 0.5) is 23.7 Å². The van der Waals surface area contributed by atoms with Crippen molar-refractivity contribution in [2.75, 3.05) is 24.2 Å². The van der Waals surface area contributed by atoms with E-state index in [0.29, 0.717) is 10.7 Å². The van der Waals surface area contributed by atoms with Gasteiger partial charge in [-0.05, 0) is 42.7 Å². The van der Waals surface area contributed by atoms with E-state index < -0.39 is 11.7 Å². The number of thioether (sulfide) groups is 1. The summed E-state index contributed by atoms with van der Waals surface area (Å²) in [4.78, 5) is 29.7. The van der Waals surface area contributed by atoms with Crippen molar-refractivity contribution in [1.82, 2.24) is 15.2 Å². The summed E-state index contributed by atoms with van der Waals surface area (Å²) in [6.45, 7) is 1.79. The van der Waals surface area contributed by atoms with E-state index in [-0.39, 0.29) is 24.2 Å². The molecule has 1 aromatic heterocycles. The van der Waals surface area contributed by atoms with Crippen LogP contribution in [0.5, 0.6) is 0 Å². The number of nitrogens with zero attached hydrogens (tertiary/aromatic N) is 2. The van der Waals surface area contributed by atoms with Crippen LogP contribution < -0.4 is 10.6 Å². The first kappa shape index (κ1) is 21.9. The zero-order valence-electron chi connectivity index (χ0n) is 16.0. The number of nitrogens with one attached hydrogen (secondary N) is 2. The molecule has 10 heteroatoms. The summed E-state index contributed by atoms with van der Waals surface area (Å²) in [6.07, 6.45) is -1.66. The lowest BCUT2D eigenvalue weighted by Crippen LogP contribution is -2.32. The minimum Gasteiger partial charge on any atom is -0.351 e. The van der Waals surface area contributed by atoms with Crippen LogP contribution in [0.2, 0.25) is 0 Å². The van der Waals surface area contributed by atoms with Gasteiger partial charge in [0.1, 0.15) is 0 Å². The summed E-state index contributed by atoms with van der Waals surface area (Å²) in [5, 5.41) is 5.94. The average Bonchev–Trinajstić information content (AvgIpc) is 3.26. The van der Waals surface area contributed by atoms with Gasteiger partial charge in [0.25, 0.3) is 0 Å². The van der Waals surface area contributed by atoms with Crippen molar-refractivity contribution in [3.8, 4) is 0 Å².